The van der Waals surface area contributed by atoms with Crippen molar-refractivity contribution in [1.82, 2.24) is 10.2 Å². The van der Waals surface area contributed by atoms with E-state index in [9.17, 15) is 0 Å². The Hall–Kier alpha value is 0.1000. The summed E-state index contributed by atoms with van der Waals surface area (Å²) in [6.07, 6.45) is 4.19. The Morgan fingerprint density at radius 3 is 3.00 bits per heavy atom. The van der Waals surface area contributed by atoms with E-state index in [0.717, 1.165) is 12.6 Å². The summed E-state index contributed by atoms with van der Waals surface area (Å²) in [5, 5.41) is 5.82. The molecule has 4 heteroatoms. The van der Waals surface area contributed by atoms with E-state index in [2.05, 4.69) is 37.6 Å². The van der Waals surface area contributed by atoms with Gasteiger partial charge in [-0.1, -0.05) is 0 Å². The van der Waals surface area contributed by atoms with E-state index in [1.807, 2.05) is 11.3 Å². The predicted molar refractivity (Wildman–Crippen MR) is 71.9 cm³/mol. The van der Waals surface area contributed by atoms with E-state index in [1.54, 1.807) is 0 Å². The number of hydrogen-bond acceptors (Lipinski definition) is 3. The Bertz CT molecular complexity index is 362. The number of nitrogens with zero attached hydrogens (tertiary/aromatic N) is 1. The zero-order valence-electron chi connectivity index (χ0n) is 9.29. The molecule has 1 atom stereocenters. The Kier molecular flexibility index (Phi) is 3.34. The van der Waals surface area contributed by atoms with Gasteiger partial charge in [-0.15, -0.1) is 11.3 Å². The highest BCUT2D eigenvalue weighted by molar-refractivity contribution is 9.10. The minimum atomic E-state index is 0.703. The lowest BCUT2D eigenvalue weighted by molar-refractivity contribution is 0.317. The third kappa shape index (κ3) is 2.50. The van der Waals surface area contributed by atoms with Gasteiger partial charge < -0.3 is 5.32 Å². The molecule has 1 saturated carbocycles. The quantitative estimate of drug-likeness (QED) is 0.920. The second-order valence-electron chi connectivity index (χ2n) is 4.78. The van der Waals surface area contributed by atoms with E-state index in [0.29, 0.717) is 6.04 Å². The molecule has 0 spiro atoms. The average molecular weight is 301 g/mol. The zero-order chi connectivity index (χ0) is 11.0. The molecule has 1 N–H and O–H groups in total. The fourth-order valence-electron chi connectivity index (χ4n) is 2.41. The summed E-state index contributed by atoms with van der Waals surface area (Å²) in [6.45, 7) is 3.57. The van der Waals surface area contributed by atoms with Gasteiger partial charge in [0.15, 0.2) is 0 Å². The summed E-state index contributed by atoms with van der Waals surface area (Å²) in [5.74, 6) is 0. The van der Waals surface area contributed by atoms with Gasteiger partial charge in [0.2, 0.25) is 0 Å². The molecule has 1 aromatic rings. The number of halogens is 1. The Morgan fingerprint density at radius 1 is 1.44 bits per heavy atom. The van der Waals surface area contributed by atoms with Crippen molar-refractivity contribution in [2.75, 3.05) is 13.1 Å². The third-order valence-corrected chi connectivity index (χ3v) is 5.45. The van der Waals surface area contributed by atoms with Gasteiger partial charge in [-0.3, -0.25) is 4.90 Å². The van der Waals surface area contributed by atoms with Crippen molar-refractivity contribution in [1.29, 1.82) is 0 Å². The van der Waals surface area contributed by atoms with Crippen LogP contribution in [0.5, 0.6) is 0 Å². The molecule has 88 valence electrons. The van der Waals surface area contributed by atoms with Crippen LogP contribution < -0.4 is 5.32 Å². The molecule has 1 aliphatic heterocycles. The van der Waals surface area contributed by atoms with Crippen molar-refractivity contribution in [2.24, 2.45) is 0 Å². The highest BCUT2D eigenvalue weighted by atomic mass is 79.9. The van der Waals surface area contributed by atoms with Crippen LogP contribution in [-0.4, -0.2) is 30.1 Å². The largest absolute Gasteiger partial charge is 0.308 e. The maximum absolute atomic E-state index is 3.68. The van der Waals surface area contributed by atoms with E-state index < -0.39 is 0 Å². The highest BCUT2D eigenvalue weighted by Gasteiger charge is 2.34. The topological polar surface area (TPSA) is 15.3 Å². The van der Waals surface area contributed by atoms with Gasteiger partial charge in [-0.2, -0.15) is 0 Å². The maximum Gasteiger partial charge on any atom is 0.0327 e. The van der Waals surface area contributed by atoms with Gasteiger partial charge in [-0.25, -0.2) is 0 Å². The molecule has 16 heavy (non-hydrogen) atoms. The minimum Gasteiger partial charge on any atom is -0.308 e. The molecule has 1 saturated heterocycles. The molecule has 2 fully saturated rings. The maximum atomic E-state index is 3.68. The van der Waals surface area contributed by atoms with Gasteiger partial charge in [0, 0.05) is 41.1 Å². The number of thiophene rings is 1. The first-order chi connectivity index (χ1) is 7.83. The SMILES string of the molecule is Brc1ccsc1CNC1CCN(C2CC2)C1. The van der Waals surface area contributed by atoms with E-state index in [4.69, 9.17) is 0 Å². The van der Waals surface area contributed by atoms with Gasteiger partial charge in [-0.05, 0) is 46.6 Å². The van der Waals surface area contributed by atoms with E-state index in [-0.39, 0.29) is 0 Å². The van der Waals surface area contributed by atoms with Gasteiger partial charge in [0.25, 0.3) is 0 Å². The first-order valence-electron chi connectivity index (χ1n) is 6.02. The van der Waals surface area contributed by atoms with Crippen LogP contribution in [0.2, 0.25) is 0 Å². The second-order valence-corrected chi connectivity index (χ2v) is 6.64. The van der Waals surface area contributed by atoms with Crippen LogP contribution in [0.1, 0.15) is 24.1 Å². The van der Waals surface area contributed by atoms with Crippen molar-refractivity contribution >= 4 is 27.3 Å². The Morgan fingerprint density at radius 2 is 2.31 bits per heavy atom. The molecular formula is C12H17BrN2S. The summed E-state index contributed by atoms with van der Waals surface area (Å²) < 4.78 is 1.25. The number of hydrogen-bond donors (Lipinski definition) is 1. The van der Waals surface area contributed by atoms with Gasteiger partial charge in [0.1, 0.15) is 0 Å². The summed E-state index contributed by atoms with van der Waals surface area (Å²) in [4.78, 5) is 4.08. The molecule has 0 amide bonds. The molecule has 0 aromatic carbocycles. The number of rotatable bonds is 4. The molecular weight excluding hydrogens is 284 g/mol. The highest BCUT2D eigenvalue weighted by Crippen LogP contribution is 2.30. The average Bonchev–Trinajstić information content (AvgIpc) is 2.89. The summed E-state index contributed by atoms with van der Waals surface area (Å²) in [6, 6.07) is 3.77. The van der Waals surface area contributed by atoms with Crippen molar-refractivity contribution < 1.29 is 0 Å². The monoisotopic (exact) mass is 300 g/mol. The third-order valence-electron chi connectivity index (χ3n) is 3.53. The van der Waals surface area contributed by atoms with Crippen LogP contribution in [-0.2, 0) is 6.54 Å². The lowest BCUT2D eigenvalue weighted by Gasteiger charge is -2.15. The van der Waals surface area contributed by atoms with Crippen molar-refractivity contribution in [3.05, 3.63) is 20.8 Å². The summed E-state index contributed by atoms with van der Waals surface area (Å²) in [7, 11) is 0. The fourth-order valence-corrected chi connectivity index (χ4v) is 3.86. The smallest absolute Gasteiger partial charge is 0.0327 e. The van der Waals surface area contributed by atoms with Crippen molar-refractivity contribution in [3.63, 3.8) is 0 Å². The predicted octanol–water partition coefficient (Wildman–Crippen LogP) is 2.84. The lowest BCUT2D eigenvalue weighted by Crippen LogP contribution is -2.32. The first kappa shape index (κ1) is 11.2. The number of nitrogens with one attached hydrogen (secondary N) is 1. The molecule has 3 rings (SSSR count). The van der Waals surface area contributed by atoms with E-state index in [1.165, 1.54) is 41.7 Å². The van der Waals surface area contributed by atoms with Gasteiger partial charge >= 0.3 is 0 Å². The first-order valence-corrected chi connectivity index (χ1v) is 7.69. The zero-order valence-corrected chi connectivity index (χ0v) is 11.7. The van der Waals surface area contributed by atoms with Crippen LogP contribution in [0.15, 0.2) is 15.9 Å². The summed E-state index contributed by atoms with van der Waals surface area (Å²) >= 11 is 5.41. The molecule has 1 aromatic heterocycles. The molecule has 2 heterocycles. The van der Waals surface area contributed by atoms with Crippen molar-refractivity contribution in [2.45, 2.75) is 37.9 Å². The molecule has 1 aliphatic carbocycles. The van der Waals surface area contributed by atoms with E-state index >= 15 is 0 Å². The molecule has 1 unspecified atom stereocenters. The van der Waals surface area contributed by atoms with Crippen LogP contribution in [0.4, 0.5) is 0 Å². The molecule has 0 bridgehead atoms. The molecule has 2 nitrogen and oxygen atoms in total. The minimum absolute atomic E-state index is 0.703. The normalized spacial score (nSPS) is 26.4. The fraction of sp³-hybridized carbons (Fsp3) is 0.667. The lowest BCUT2D eigenvalue weighted by atomic mass is 10.2. The molecule has 0 radical (unpaired) electrons. The standard InChI is InChI=1S/C12H17BrN2S/c13-11-4-6-16-12(11)7-14-9-3-5-15(8-9)10-1-2-10/h4,6,9-10,14H,1-3,5,7-8H2. The summed E-state index contributed by atoms with van der Waals surface area (Å²) in [5.41, 5.74) is 0. The van der Waals surface area contributed by atoms with Crippen LogP contribution >= 0.6 is 27.3 Å². The van der Waals surface area contributed by atoms with Crippen LogP contribution in [0.3, 0.4) is 0 Å². The van der Waals surface area contributed by atoms with Crippen molar-refractivity contribution in [3.8, 4) is 0 Å². The number of likely N-dealkylation sites (tertiary alicyclic amines) is 1. The van der Waals surface area contributed by atoms with Crippen LogP contribution in [0, 0.1) is 0 Å². The molecule has 2 aliphatic rings. The van der Waals surface area contributed by atoms with Gasteiger partial charge in [0.05, 0.1) is 0 Å². The Labute approximate surface area is 109 Å². The van der Waals surface area contributed by atoms with Crippen LogP contribution in [0.25, 0.3) is 0 Å². The second kappa shape index (κ2) is 4.77. The Balaban J connectivity index is 1.47.